The van der Waals surface area contributed by atoms with Gasteiger partial charge in [-0.2, -0.15) is 5.06 Å². The molecule has 98 valence electrons. The van der Waals surface area contributed by atoms with Crippen molar-refractivity contribution in [3.05, 3.63) is 0 Å². The first-order chi connectivity index (χ1) is 8.59. The van der Waals surface area contributed by atoms with E-state index in [2.05, 4.69) is 15.9 Å². The average molecular weight is 315 g/mol. The summed E-state index contributed by atoms with van der Waals surface area (Å²) in [5.41, 5.74) is 0. The predicted octanol–water partition coefficient (Wildman–Crippen LogP) is 0.531. The number of carbonyl (C=O) groups is 2. The van der Waals surface area contributed by atoms with Crippen molar-refractivity contribution in [3.8, 4) is 0 Å². The van der Waals surface area contributed by atoms with Crippen LogP contribution >= 0.6 is 15.9 Å². The highest BCUT2D eigenvalue weighted by Crippen LogP contribution is 2.51. The van der Waals surface area contributed by atoms with Gasteiger partial charge in [0, 0.05) is 11.9 Å². The molecular weight excluding hydrogens is 300 g/mol. The van der Waals surface area contributed by atoms with Gasteiger partial charge in [0.25, 0.3) is 5.91 Å². The number of rotatable bonds is 0. The second-order valence-electron chi connectivity index (χ2n) is 5.79. The van der Waals surface area contributed by atoms with Crippen LogP contribution in [-0.2, 0) is 14.4 Å². The molecule has 0 aromatic heterocycles. The van der Waals surface area contributed by atoms with Crippen LogP contribution in [0.15, 0.2) is 0 Å². The number of carbonyl (C=O) groups excluding carboxylic acids is 2. The van der Waals surface area contributed by atoms with Gasteiger partial charge >= 0.3 is 0 Å². The molecule has 6 heteroatoms. The van der Waals surface area contributed by atoms with Crippen molar-refractivity contribution in [2.24, 2.45) is 11.8 Å². The summed E-state index contributed by atoms with van der Waals surface area (Å²) in [4.78, 5) is 31.6. The number of imide groups is 1. The summed E-state index contributed by atoms with van der Waals surface area (Å²) < 4.78 is 0. The number of hydroxylamine groups is 2. The Morgan fingerprint density at radius 3 is 2.83 bits per heavy atom. The van der Waals surface area contributed by atoms with Crippen LogP contribution in [0.4, 0.5) is 0 Å². The molecule has 1 aliphatic carbocycles. The highest BCUT2D eigenvalue weighted by molar-refractivity contribution is 9.09. The van der Waals surface area contributed by atoms with E-state index in [0.29, 0.717) is 16.8 Å². The van der Waals surface area contributed by atoms with Crippen LogP contribution in [0.2, 0.25) is 0 Å². The quantitative estimate of drug-likeness (QED) is 0.483. The highest BCUT2D eigenvalue weighted by atomic mass is 79.9. The summed E-state index contributed by atoms with van der Waals surface area (Å²) in [6, 6.07) is 0.443. The lowest BCUT2D eigenvalue weighted by atomic mass is 9.91. The van der Waals surface area contributed by atoms with Crippen LogP contribution in [0.1, 0.15) is 19.3 Å². The summed E-state index contributed by atoms with van der Waals surface area (Å²) in [5, 5.41) is 1.97. The van der Waals surface area contributed by atoms with Crippen LogP contribution in [0, 0.1) is 11.8 Å². The van der Waals surface area contributed by atoms with Crippen molar-refractivity contribution in [3.63, 3.8) is 0 Å². The Hall–Kier alpha value is -0.460. The molecule has 0 bridgehead atoms. The maximum Gasteiger partial charge on any atom is 0.261 e. The average Bonchev–Trinajstić information content (AvgIpc) is 3.00. The lowest BCUT2D eigenvalue weighted by Gasteiger charge is -2.26. The number of alkyl halides is 1. The van der Waals surface area contributed by atoms with Crippen LogP contribution in [0.5, 0.6) is 0 Å². The number of amides is 2. The normalized spacial score (nSPS) is 50.9. The van der Waals surface area contributed by atoms with E-state index in [0.717, 1.165) is 12.8 Å². The molecule has 18 heavy (non-hydrogen) atoms. The standard InChI is InChI=1S/C12H15BrN2O3/c1-14-11(16)8-7-4-5-2-3-6(13)9(5)15(7)18-10(8)12(14)17/h5-10H,2-4H2,1H3. The van der Waals surface area contributed by atoms with Crippen LogP contribution in [-0.4, -0.2) is 51.8 Å². The lowest BCUT2D eigenvalue weighted by molar-refractivity contribution is -0.184. The first kappa shape index (κ1) is 11.4. The van der Waals surface area contributed by atoms with Crippen LogP contribution in [0.25, 0.3) is 0 Å². The maximum atomic E-state index is 12.1. The zero-order valence-electron chi connectivity index (χ0n) is 10.1. The van der Waals surface area contributed by atoms with Crippen molar-refractivity contribution < 1.29 is 14.4 Å². The minimum absolute atomic E-state index is 0.0661. The van der Waals surface area contributed by atoms with Crippen molar-refractivity contribution in [1.29, 1.82) is 0 Å². The van der Waals surface area contributed by atoms with Gasteiger partial charge < -0.3 is 0 Å². The molecule has 5 nitrogen and oxygen atoms in total. The van der Waals surface area contributed by atoms with Crippen molar-refractivity contribution in [2.45, 2.75) is 42.3 Å². The molecule has 4 aliphatic rings. The molecule has 3 heterocycles. The number of nitrogens with zero attached hydrogens (tertiary/aromatic N) is 2. The van der Waals surface area contributed by atoms with Crippen molar-refractivity contribution in [1.82, 2.24) is 9.96 Å². The molecule has 3 saturated heterocycles. The summed E-state index contributed by atoms with van der Waals surface area (Å²) in [6.45, 7) is 0. The van der Waals surface area contributed by atoms with Gasteiger partial charge in [-0.3, -0.25) is 19.3 Å². The van der Waals surface area contributed by atoms with E-state index in [9.17, 15) is 9.59 Å². The predicted molar refractivity (Wildman–Crippen MR) is 65.6 cm³/mol. The van der Waals surface area contributed by atoms with Gasteiger partial charge in [0.2, 0.25) is 5.91 Å². The van der Waals surface area contributed by atoms with Crippen molar-refractivity contribution >= 4 is 27.7 Å². The molecule has 6 unspecified atom stereocenters. The molecule has 0 aromatic rings. The fourth-order valence-corrected chi connectivity index (χ4v) is 5.07. The Morgan fingerprint density at radius 2 is 2.06 bits per heavy atom. The molecule has 1 saturated carbocycles. The van der Waals surface area contributed by atoms with Crippen molar-refractivity contribution in [2.75, 3.05) is 7.05 Å². The van der Waals surface area contributed by atoms with E-state index in [1.54, 1.807) is 7.05 Å². The van der Waals surface area contributed by atoms with Crippen LogP contribution < -0.4 is 0 Å². The molecule has 0 aromatic carbocycles. The molecule has 0 N–H and O–H groups in total. The van der Waals surface area contributed by atoms with Crippen LogP contribution in [0.3, 0.4) is 0 Å². The number of likely N-dealkylation sites (N-methyl/N-ethyl adjacent to an activating group) is 1. The summed E-state index contributed by atoms with van der Waals surface area (Å²) in [6.07, 6.45) is 2.76. The lowest BCUT2D eigenvalue weighted by Crippen LogP contribution is -2.41. The van der Waals surface area contributed by atoms with Gasteiger partial charge in [-0.05, 0) is 25.2 Å². The zero-order valence-corrected chi connectivity index (χ0v) is 11.7. The first-order valence-electron chi connectivity index (χ1n) is 6.50. The summed E-state index contributed by atoms with van der Waals surface area (Å²) in [7, 11) is 1.56. The fourth-order valence-electron chi connectivity index (χ4n) is 4.14. The van der Waals surface area contributed by atoms with E-state index in [4.69, 9.17) is 4.84 Å². The van der Waals surface area contributed by atoms with E-state index >= 15 is 0 Å². The molecule has 4 fully saturated rings. The molecular formula is C12H15BrN2O3. The first-order valence-corrected chi connectivity index (χ1v) is 7.41. The van der Waals surface area contributed by atoms with Gasteiger partial charge in [-0.25, -0.2) is 0 Å². The Morgan fingerprint density at radius 1 is 1.28 bits per heavy atom. The number of hydrogen-bond acceptors (Lipinski definition) is 4. The topological polar surface area (TPSA) is 49.9 Å². The van der Waals surface area contributed by atoms with E-state index in [1.807, 2.05) is 5.06 Å². The maximum absolute atomic E-state index is 12.1. The van der Waals surface area contributed by atoms with E-state index < -0.39 is 6.10 Å². The molecule has 4 rings (SSSR count). The Balaban J connectivity index is 1.67. The Kier molecular flexibility index (Phi) is 2.24. The fraction of sp³-hybridized carbons (Fsp3) is 0.833. The van der Waals surface area contributed by atoms with E-state index in [-0.39, 0.29) is 23.8 Å². The third kappa shape index (κ3) is 1.19. The smallest absolute Gasteiger partial charge is 0.261 e. The SMILES string of the molecule is CN1C(=O)C2ON3C(CC4CCC(Br)C43)C2C1=O. The van der Waals surface area contributed by atoms with E-state index in [1.165, 1.54) is 11.3 Å². The Labute approximate surface area is 114 Å². The molecule has 0 spiro atoms. The molecule has 6 atom stereocenters. The minimum atomic E-state index is -0.561. The molecule has 2 amide bonds. The van der Waals surface area contributed by atoms with Gasteiger partial charge in [0.1, 0.15) is 0 Å². The molecule has 3 aliphatic heterocycles. The zero-order chi connectivity index (χ0) is 12.6. The summed E-state index contributed by atoms with van der Waals surface area (Å²) in [5.74, 6) is 0.0885. The molecule has 0 radical (unpaired) electrons. The summed E-state index contributed by atoms with van der Waals surface area (Å²) >= 11 is 3.70. The monoisotopic (exact) mass is 314 g/mol. The second kappa shape index (κ2) is 3.55. The van der Waals surface area contributed by atoms with Gasteiger partial charge in [-0.15, -0.1) is 0 Å². The number of likely N-dealkylation sites (tertiary alicyclic amines) is 1. The third-order valence-corrected chi connectivity index (χ3v) is 6.00. The van der Waals surface area contributed by atoms with Gasteiger partial charge in [0.15, 0.2) is 6.10 Å². The largest absolute Gasteiger partial charge is 0.284 e. The second-order valence-corrected chi connectivity index (χ2v) is 6.97. The van der Waals surface area contributed by atoms with Gasteiger partial charge in [-0.1, -0.05) is 15.9 Å². The number of hydrogen-bond donors (Lipinski definition) is 0. The highest BCUT2D eigenvalue weighted by Gasteiger charge is 2.64. The third-order valence-electron chi connectivity index (χ3n) is 5.00. The Bertz CT molecular complexity index is 443. The number of fused-ring (bicyclic) bond motifs is 5. The van der Waals surface area contributed by atoms with Gasteiger partial charge in [0.05, 0.1) is 18.0 Å². The minimum Gasteiger partial charge on any atom is -0.284 e. The number of halogens is 1.